The third kappa shape index (κ3) is 1.86. The van der Waals surface area contributed by atoms with E-state index < -0.39 is 0 Å². The van der Waals surface area contributed by atoms with Crippen LogP contribution >= 0.6 is 0 Å². The van der Waals surface area contributed by atoms with E-state index in [-0.39, 0.29) is 12.5 Å². The first-order chi connectivity index (χ1) is 8.78. The number of nitrogens with zero attached hydrogens (tertiary/aromatic N) is 1. The van der Waals surface area contributed by atoms with Crippen molar-refractivity contribution in [2.24, 2.45) is 0 Å². The van der Waals surface area contributed by atoms with Gasteiger partial charge in [0, 0.05) is 6.04 Å². The first kappa shape index (κ1) is 11.2. The zero-order chi connectivity index (χ0) is 12.5. The summed E-state index contributed by atoms with van der Waals surface area (Å²) in [5.41, 5.74) is 1.97. The SMILES string of the molecule is O=C(NC1CCC1)c1cccc2[nH]c(CO)nc12. The fourth-order valence-corrected chi connectivity index (χ4v) is 2.16. The van der Waals surface area contributed by atoms with E-state index in [9.17, 15) is 4.79 Å². The number of H-pyrrole nitrogens is 1. The van der Waals surface area contributed by atoms with Gasteiger partial charge in [0.15, 0.2) is 0 Å². The maximum atomic E-state index is 12.1. The summed E-state index contributed by atoms with van der Waals surface area (Å²) in [7, 11) is 0. The van der Waals surface area contributed by atoms with Crippen molar-refractivity contribution in [1.29, 1.82) is 0 Å². The molecule has 0 bridgehead atoms. The molecular formula is C13H15N3O2. The molecule has 0 unspecified atom stereocenters. The number of hydrogen-bond donors (Lipinski definition) is 3. The lowest BCUT2D eigenvalue weighted by Gasteiger charge is -2.26. The summed E-state index contributed by atoms with van der Waals surface area (Å²) in [4.78, 5) is 19.3. The average molecular weight is 245 g/mol. The van der Waals surface area contributed by atoms with Crippen molar-refractivity contribution in [3.05, 3.63) is 29.6 Å². The molecule has 1 amide bonds. The lowest BCUT2D eigenvalue weighted by atomic mass is 9.93. The molecule has 94 valence electrons. The highest BCUT2D eigenvalue weighted by atomic mass is 16.3. The Bertz CT molecular complexity index is 587. The fourth-order valence-electron chi connectivity index (χ4n) is 2.16. The van der Waals surface area contributed by atoms with Gasteiger partial charge in [-0.3, -0.25) is 4.79 Å². The fraction of sp³-hybridized carbons (Fsp3) is 0.385. The van der Waals surface area contributed by atoms with Gasteiger partial charge in [-0.05, 0) is 31.4 Å². The molecule has 0 radical (unpaired) electrons. The molecule has 0 spiro atoms. The van der Waals surface area contributed by atoms with Gasteiger partial charge < -0.3 is 15.4 Å². The second-order valence-electron chi connectivity index (χ2n) is 4.64. The molecule has 3 rings (SSSR count). The van der Waals surface area contributed by atoms with Gasteiger partial charge in [-0.25, -0.2) is 4.98 Å². The number of fused-ring (bicyclic) bond motifs is 1. The van der Waals surface area contributed by atoms with Crippen molar-refractivity contribution in [1.82, 2.24) is 15.3 Å². The summed E-state index contributed by atoms with van der Waals surface area (Å²) >= 11 is 0. The van der Waals surface area contributed by atoms with Gasteiger partial charge in [0.2, 0.25) is 0 Å². The number of aromatic amines is 1. The van der Waals surface area contributed by atoms with E-state index >= 15 is 0 Å². The summed E-state index contributed by atoms with van der Waals surface area (Å²) in [6.07, 6.45) is 3.31. The van der Waals surface area contributed by atoms with Gasteiger partial charge in [-0.2, -0.15) is 0 Å². The molecular weight excluding hydrogens is 230 g/mol. The van der Waals surface area contributed by atoms with Gasteiger partial charge >= 0.3 is 0 Å². The molecule has 1 aromatic heterocycles. The quantitative estimate of drug-likeness (QED) is 0.763. The van der Waals surface area contributed by atoms with E-state index in [0.717, 1.165) is 18.4 Å². The van der Waals surface area contributed by atoms with E-state index in [1.807, 2.05) is 12.1 Å². The molecule has 0 saturated heterocycles. The molecule has 1 fully saturated rings. The number of nitrogens with one attached hydrogen (secondary N) is 2. The van der Waals surface area contributed by atoms with Crippen molar-refractivity contribution in [2.45, 2.75) is 31.9 Å². The molecule has 18 heavy (non-hydrogen) atoms. The first-order valence-corrected chi connectivity index (χ1v) is 6.17. The third-order valence-electron chi connectivity index (χ3n) is 3.40. The number of rotatable bonds is 3. The monoisotopic (exact) mass is 245 g/mol. The number of aliphatic hydroxyl groups excluding tert-OH is 1. The first-order valence-electron chi connectivity index (χ1n) is 6.17. The summed E-state index contributed by atoms with van der Waals surface area (Å²) < 4.78 is 0. The minimum Gasteiger partial charge on any atom is -0.388 e. The number of imidazole rings is 1. The highest BCUT2D eigenvalue weighted by Gasteiger charge is 2.21. The van der Waals surface area contributed by atoms with Crippen LogP contribution in [0.15, 0.2) is 18.2 Å². The lowest BCUT2D eigenvalue weighted by molar-refractivity contribution is 0.0918. The Labute approximate surface area is 104 Å². The molecule has 3 N–H and O–H groups in total. The molecule has 0 aliphatic heterocycles. The largest absolute Gasteiger partial charge is 0.388 e. The summed E-state index contributed by atoms with van der Waals surface area (Å²) in [5, 5.41) is 12.1. The van der Waals surface area contributed by atoms with Crippen molar-refractivity contribution in [3.8, 4) is 0 Å². The van der Waals surface area contributed by atoms with Crippen molar-refractivity contribution in [3.63, 3.8) is 0 Å². The molecule has 1 saturated carbocycles. The number of aromatic nitrogens is 2. The van der Waals surface area contributed by atoms with Gasteiger partial charge in [0.05, 0.1) is 11.1 Å². The summed E-state index contributed by atoms with van der Waals surface area (Å²) in [6.45, 7) is -0.154. The average Bonchev–Trinajstić information content (AvgIpc) is 2.76. The number of benzene rings is 1. The number of carbonyl (C=O) groups excluding carboxylic acids is 1. The molecule has 1 aliphatic carbocycles. The smallest absolute Gasteiger partial charge is 0.253 e. The predicted octanol–water partition coefficient (Wildman–Crippen LogP) is 1.34. The molecule has 5 heteroatoms. The minimum atomic E-state index is -0.154. The van der Waals surface area contributed by atoms with E-state index in [4.69, 9.17) is 5.11 Å². The van der Waals surface area contributed by atoms with Gasteiger partial charge in [0.1, 0.15) is 17.9 Å². The molecule has 2 aromatic rings. The predicted molar refractivity (Wildman–Crippen MR) is 67.1 cm³/mol. The number of carbonyl (C=O) groups is 1. The van der Waals surface area contributed by atoms with Crippen LogP contribution in [-0.4, -0.2) is 27.0 Å². The Kier molecular flexibility index (Phi) is 2.76. The van der Waals surface area contributed by atoms with Gasteiger partial charge in [-0.1, -0.05) is 6.07 Å². The number of hydrogen-bond acceptors (Lipinski definition) is 3. The van der Waals surface area contributed by atoms with E-state index in [1.165, 1.54) is 6.42 Å². The highest BCUT2D eigenvalue weighted by Crippen LogP contribution is 2.21. The van der Waals surface area contributed by atoms with Gasteiger partial charge in [-0.15, -0.1) is 0 Å². The van der Waals surface area contributed by atoms with E-state index in [1.54, 1.807) is 6.07 Å². The van der Waals surface area contributed by atoms with Crippen LogP contribution in [0.4, 0.5) is 0 Å². The van der Waals surface area contributed by atoms with Crippen molar-refractivity contribution in [2.75, 3.05) is 0 Å². The van der Waals surface area contributed by atoms with Crippen LogP contribution in [0.2, 0.25) is 0 Å². The normalized spacial score (nSPS) is 15.6. The standard InChI is InChI=1S/C13H15N3O2/c17-7-11-15-10-6-2-5-9(12(10)16-11)13(18)14-8-3-1-4-8/h2,5-6,8,17H,1,3-4,7H2,(H,14,18)(H,15,16). The van der Waals surface area contributed by atoms with Crippen molar-refractivity contribution < 1.29 is 9.90 Å². The van der Waals surface area contributed by atoms with Crippen LogP contribution in [0.1, 0.15) is 35.4 Å². The number of aliphatic hydroxyl groups is 1. The number of para-hydroxylation sites is 1. The van der Waals surface area contributed by atoms with Crippen LogP contribution in [0.25, 0.3) is 11.0 Å². The van der Waals surface area contributed by atoms with Crippen molar-refractivity contribution >= 4 is 16.9 Å². The molecule has 1 aromatic carbocycles. The molecule has 5 nitrogen and oxygen atoms in total. The van der Waals surface area contributed by atoms with Crippen LogP contribution < -0.4 is 5.32 Å². The van der Waals surface area contributed by atoms with Crippen LogP contribution in [-0.2, 0) is 6.61 Å². The lowest BCUT2D eigenvalue weighted by Crippen LogP contribution is -2.39. The Hall–Kier alpha value is -1.88. The summed E-state index contributed by atoms with van der Waals surface area (Å²) in [6, 6.07) is 5.74. The van der Waals surface area contributed by atoms with E-state index in [2.05, 4.69) is 15.3 Å². The Balaban J connectivity index is 1.94. The maximum absolute atomic E-state index is 12.1. The Morgan fingerprint density at radius 2 is 2.33 bits per heavy atom. The summed E-state index contributed by atoms with van der Waals surface area (Å²) in [5.74, 6) is 0.398. The topological polar surface area (TPSA) is 78.0 Å². The second-order valence-corrected chi connectivity index (χ2v) is 4.64. The van der Waals surface area contributed by atoms with E-state index in [0.29, 0.717) is 22.9 Å². The highest BCUT2D eigenvalue weighted by molar-refractivity contribution is 6.05. The van der Waals surface area contributed by atoms with Crippen LogP contribution in [0.5, 0.6) is 0 Å². The van der Waals surface area contributed by atoms with Crippen LogP contribution in [0.3, 0.4) is 0 Å². The second kappa shape index (κ2) is 4.42. The zero-order valence-corrected chi connectivity index (χ0v) is 9.94. The zero-order valence-electron chi connectivity index (χ0n) is 9.94. The Morgan fingerprint density at radius 3 is 3.00 bits per heavy atom. The third-order valence-corrected chi connectivity index (χ3v) is 3.40. The molecule has 1 heterocycles. The van der Waals surface area contributed by atoms with Gasteiger partial charge in [0.25, 0.3) is 5.91 Å². The minimum absolute atomic E-state index is 0.0821. The number of amides is 1. The van der Waals surface area contributed by atoms with Crippen LogP contribution in [0, 0.1) is 0 Å². The maximum Gasteiger partial charge on any atom is 0.253 e. The Morgan fingerprint density at radius 1 is 1.50 bits per heavy atom. The molecule has 0 atom stereocenters. The molecule has 1 aliphatic rings.